The lowest BCUT2D eigenvalue weighted by molar-refractivity contribution is -0.160. The molecule has 0 aliphatic carbocycles. The second-order valence-electron chi connectivity index (χ2n) is 8.61. The highest BCUT2D eigenvalue weighted by Gasteiger charge is 2.31. The number of halogens is 3. The lowest BCUT2D eigenvalue weighted by Gasteiger charge is -2.33. The Morgan fingerprint density at radius 1 is 1.03 bits per heavy atom. The van der Waals surface area contributed by atoms with E-state index in [4.69, 9.17) is 0 Å². The molecule has 1 atom stereocenters. The number of hydrogen-bond acceptors (Lipinski definition) is 5. The first-order valence-electron chi connectivity index (χ1n) is 12.0. The highest BCUT2D eigenvalue weighted by molar-refractivity contribution is 7.82. The van der Waals surface area contributed by atoms with Gasteiger partial charge in [-0.05, 0) is 48.2 Å². The average Bonchev–Trinajstić information content (AvgIpc) is 2.91. The van der Waals surface area contributed by atoms with Crippen LogP contribution in [0, 0.1) is 0 Å². The first-order chi connectivity index (χ1) is 18.0. The molecule has 208 valence electrons. The van der Waals surface area contributed by atoms with Crippen LogP contribution in [0.3, 0.4) is 0 Å². The minimum Gasteiger partial charge on any atom is -0.459 e. The van der Waals surface area contributed by atoms with Gasteiger partial charge in [0.05, 0.1) is 17.1 Å². The van der Waals surface area contributed by atoms with Gasteiger partial charge in [-0.3, -0.25) is 9.59 Å². The monoisotopic (exact) mass is 555 g/mol. The third kappa shape index (κ3) is 9.25. The van der Waals surface area contributed by atoms with E-state index in [-0.39, 0.29) is 37.7 Å². The van der Waals surface area contributed by atoms with E-state index >= 15 is 0 Å². The SMILES string of the molecule is CC(C)c1ccc(CNC=O)cc1.CCOC(=O)C(=O)N1CCN(S(=O)c2ccc(C(F)(F)F)cc2)CC1. The molecule has 2 aromatic carbocycles. The number of amides is 2. The third-order valence-electron chi connectivity index (χ3n) is 5.63. The molecule has 0 bridgehead atoms. The number of carbonyl (C=O) groups excluding carboxylic acids is 3. The molecule has 0 spiro atoms. The average molecular weight is 556 g/mol. The van der Waals surface area contributed by atoms with Gasteiger partial charge >= 0.3 is 18.1 Å². The van der Waals surface area contributed by atoms with Crippen molar-refractivity contribution >= 4 is 29.3 Å². The summed E-state index contributed by atoms with van der Waals surface area (Å²) >= 11 is 0. The minimum absolute atomic E-state index is 0.0997. The van der Waals surface area contributed by atoms with Crippen LogP contribution in [0.4, 0.5) is 13.2 Å². The summed E-state index contributed by atoms with van der Waals surface area (Å²) in [4.78, 5) is 34.8. The van der Waals surface area contributed by atoms with Gasteiger partial charge in [0.2, 0.25) is 6.41 Å². The van der Waals surface area contributed by atoms with Crippen LogP contribution in [0.2, 0.25) is 0 Å². The molecule has 1 saturated heterocycles. The number of piperazine rings is 1. The van der Waals surface area contributed by atoms with Gasteiger partial charge in [0.25, 0.3) is 0 Å². The highest BCUT2D eigenvalue weighted by atomic mass is 32.2. The summed E-state index contributed by atoms with van der Waals surface area (Å²) in [6, 6.07) is 12.4. The summed E-state index contributed by atoms with van der Waals surface area (Å²) in [5.74, 6) is -1.12. The molecule has 38 heavy (non-hydrogen) atoms. The Bertz CT molecular complexity index is 1080. The van der Waals surface area contributed by atoms with E-state index in [0.717, 1.165) is 24.1 Å². The molecule has 3 rings (SSSR count). The molecular formula is C26H32F3N3O5S. The predicted octanol–water partition coefficient (Wildman–Crippen LogP) is 3.49. The van der Waals surface area contributed by atoms with Crippen LogP contribution in [-0.2, 0) is 42.8 Å². The summed E-state index contributed by atoms with van der Waals surface area (Å²) in [6.07, 6.45) is -3.73. The van der Waals surface area contributed by atoms with Crippen LogP contribution in [0.25, 0.3) is 0 Å². The number of rotatable bonds is 7. The molecule has 12 heteroatoms. The van der Waals surface area contributed by atoms with E-state index in [2.05, 4.69) is 36.0 Å². The van der Waals surface area contributed by atoms with Crippen LogP contribution in [0.15, 0.2) is 53.4 Å². The number of esters is 1. The fourth-order valence-corrected chi connectivity index (χ4v) is 4.63. The van der Waals surface area contributed by atoms with Gasteiger partial charge < -0.3 is 15.0 Å². The van der Waals surface area contributed by atoms with Gasteiger partial charge in [-0.2, -0.15) is 13.2 Å². The van der Waals surface area contributed by atoms with E-state index in [1.54, 1.807) is 6.92 Å². The Labute approximate surface area is 222 Å². The first kappa shape index (κ1) is 31.0. The predicted molar refractivity (Wildman–Crippen MR) is 136 cm³/mol. The molecule has 0 aromatic heterocycles. The number of carbonyl (C=O) groups is 3. The molecule has 0 radical (unpaired) electrons. The zero-order valence-electron chi connectivity index (χ0n) is 21.5. The van der Waals surface area contributed by atoms with Crippen molar-refractivity contribution in [2.75, 3.05) is 32.8 Å². The summed E-state index contributed by atoms with van der Waals surface area (Å²) in [7, 11) is -1.64. The Kier molecular flexibility index (Phi) is 11.9. The van der Waals surface area contributed by atoms with E-state index in [0.29, 0.717) is 12.5 Å². The van der Waals surface area contributed by atoms with E-state index in [1.165, 1.54) is 26.9 Å². The molecule has 2 aromatic rings. The molecule has 1 aliphatic rings. The second kappa shape index (κ2) is 14.6. The first-order valence-corrected chi connectivity index (χ1v) is 13.1. The van der Waals surface area contributed by atoms with Crippen LogP contribution >= 0.6 is 0 Å². The molecule has 1 unspecified atom stereocenters. The summed E-state index contributed by atoms with van der Waals surface area (Å²) in [5, 5.41) is 2.63. The number of hydrogen-bond donors (Lipinski definition) is 1. The highest BCUT2D eigenvalue weighted by Crippen LogP contribution is 2.29. The zero-order chi connectivity index (χ0) is 28.3. The molecule has 1 fully saturated rings. The third-order valence-corrected chi connectivity index (χ3v) is 7.14. The van der Waals surface area contributed by atoms with Gasteiger partial charge in [-0.15, -0.1) is 0 Å². The number of alkyl halides is 3. The van der Waals surface area contributed by atoms with Crippen LogP contribution in [0.5, 0.6) is 0 Å². The van der Waals surface area contributed by atoms with Crippen LogP contribution < -0.4 is 5.32 Å². The van der Waals surface area contributed by atoms with Crippen molar-refractivity contribution in [2.45, 2.75) is 44.3 Å². The van der Waals surface area contributed by atoms with Crippen LogP contribution in [-0.4, -0.2) is 64.5 Å². The van der Waals surface area contributed by atoms with Crippen molar-refractivity contribution in [3.05, 3.63) is 65.2 Å². The quantitative estimate of drug-likeness (QED) is 0.321. The van der Waals surface area contributed by atoms with Crippen molar-refractivity contribution < 1.29 is 36.5 Å². The smallest absolute Gasteiger partial charge is 0.416 e. The number of nitrogens with one attached hydrogen (secondary N) is 1. The largest absolute Gasteiger partial charge is 0.459 e. The maximum absolute atomic E-state index is 12.6. The molecule has 8 nitrogen and oxygen atoms in total. The van der Waals surface area contributed by atoms with E-state index in [1.807, 2.05) is 12.1 Å². The maximum Gasteiger partial charge on any atom is 0.416 e. The summed E-state index contributed by atoms with van der Waals surface area (Å²) in [5.41, 5.74) is 1.66. The van der Waals surface area contributed by atoms with Crippen molar-refractivity contribution in [2.24, 2.45) is 0 Å². The van der Waals surface area contributed by atoms with Crippen LogP contribution in [0.1, 0.15) is 43.4 Å². The molecule has 1 heterocycles. The van der Waals surface area contributed by atoms with Crippen molar-refractivity contribution in [3.8, 4) is 0 Å². The lowest BCUT2D eigenvalue weighted by atomic mass is 10.0. The Balaban J connectivity index is 0.000000328. The normalized spacial score (nSPS) is 14.8. The fraction of sp³-hybridized carbons (Fsp3) is 0.423. The van der Waals surface area contributed by atoms with Gasteiger partial charge in [0, 0.05) is 32.7 Å². The van der Waals surface area contributed by atoms with E-state index < -0.39 is 34.6 Å². The Morgan fingerprint density at radius 2 is 1.61 bits per heavy atom. The summed E-state index contributed by atoms with van der Waals surface area (Å²) < 4.78 is 56.3. The van der Waals surface area contributed by atoms with Crippen molar-refractivity contribution in [1.82, 2.24) is 14.5 Å². The Morgan fingerprint density at radius 3 is 2.08 bits per heavy atom. The minimum atomic E-state index is -4.45. The molecular weight excluding hydrogens is 523 g/mol. The number of benzene rings is 2. The summed E-state index contributed by atoms with van der Waals surface area (Å²) in [6.45, 7) is 7.48. The standard InChI is InChI=1S/C15H17F3N2O4S.C11H15NO/c1-2-24-14(22)13(21)19-7-9-20(10-8-19)25(23)12-5-3-11(4-6-12)15(16,17)18;1-9(2)11-5-3-10(4-6-11)7-12-8-13/h3-6H,2,7-10H2,1H3;3-6,8-9H,7H2,1-2H3,(H,12,13). The van der Waals surface area contributed by atoms with Gasteiger partial charge in [-0.25, -0.2) is 13.3 Å². The van der Waals surface area contributed by atoms with Crippen molar-refractivity contribution in [1.29, 1.82) is 0 Å². The van der Waals surface area contributed by atoms with Gasteiger partial charge in [0.1, 0.15) is 11.0 Å². The molecule has 1 N–H and O–H groups in total. The van der Waals surface area contributed by atoms with Crippen molar-refractivity contribution in [3.63, 3.8) is 0 Å². The molecule has 2 amide bonds. The second-order valence-corrected chi connectivity index (χ2v) is 10.1. The Hall–Kier alpha value is -3.25. The van der Waals surface area contributed by atoms with Gasteiger partial charge in [0.15, 0.2) is 0 Å². The number of nitrogens with zero attached hydrogens (tertiary/aromatic N) is 2. The molecule has 0 saturated carbocycles. The van der Waals surface area contributed by atoms with E-state index in [9.17, 15) is 31.8 Å². The molecule has 1 aliphatic heterocycles. The number of ether oxygens (including phenoxy) is 1. The fourth-order valence-electron chi connectivity index (χ4n) is 3.47. The lowest BCUT2D eigenvalue weighted by Crippen LogP contribution is -2.51. The van der Waals surface area contributed by atoms with Gasteiger partial charge in [-0.1, -0.05) is 38.1 Å². The maximum atomic E-state index is 12.6. The zero-order valence-corrected chi connectivity index (χ0v) is 22.3. The topological polar surface area (TPSA) is 96.0 Å².